The van der Waals surface area contributed by atoms with Gasteiger partial charge in [0.25, 0.3) is 5.69 Å². The van der Waals surface area contributed by atoms with Gasteiger partial charge in [0.15, 0.2) is 0 Å². The number of nitrogens with two attached hydrogens (primary N) is 2. The minimum atomic E-state index is -0.376. The van der Waals surface area contributed by atoms with Crippen molar-refractivity contribution in [3.8, 4) is 0 Å². The number of benzene rings is 1. The number of hydrogen-bond acceptors (Lipinski definition) is 6. The number of hydrogen-bond donors (Lipinski definition) is 2. The Balaban J connectivity index is 3.10. The SMILES string of the molecule is CCC/C(Sc1cccc([N+](=O)[O-])c1)=C(/CC)N(N)C[C@H](C)N. The zero-order valence-electron chi connectivity index (χ0n) is 14.0. The molecule has 1 atom stereocenters. The Morgan fingerprint density at radius 1 is 1.43 bits per heavy atom. The van der Waals surface area contributed by atoms with E-state index >= 15 is 0 Å². The minimum absolute atomic E-state index is 0.0211. The van der Waals surface area contributed by atoms with Crippen LogP contribution in [0.5, 0.6) is 0 Å². The molecule has 0 bridgehead atoms. The summed E-state index contributed by atoms with van der Waals surface area (Å²) in [6.07, 6.45) is 2.65. The quantitative estimate of drug-likeness (QED) is 0.309. The van der Waals surface area contributed by atoms with Gasteiger partial charge in [0, 0.05) is 40.2 Å². The van der Waals surface area contributed by atoms with E-state index in [9.17, 15) is 10.1 Å². The molecule has 7 heteroatoms. The lowest BCUT2D eigenvalue weighted by Gasteiger charge is -2.26. The van der Waals surface area contributed by atoms with Gasteiger partial charge in [-0.25, -0.2) is 5.84 Å². The summed E-state index contributed by atoms with van der Waals surface area (Å²) in [6, 6.07) is 6.66. The van der Waals surface area contributed by atoms with E-state index in [1.807, 2.05) is 13.0 Å². The van der Waals surface area contributed by atoms with Crippen LogP contribution in [0.2, 0.25) is 0 Å². The standard InChI is InChI=1S/C16H26N4O2S/c1-4-7-16(15(5-2)19(18)11-12(3)17)23-14-9-6-8-13(10-14)20(21)22/h6,8-10,12H,4-5,7,11,17-18H2,1-3H3/b16-15+/t12-/m0/s1. The predicted molar refractivity (Wildman–Crippen MR) is 95.7 cm³/mol. The second-order valence-corrected chi connectivity index (χ2v) is 6.63. The molecule has 0 amide bonds. The summed E-state index contributed by atoms with van der Waals surface area (Å²) in [5.41, 5.74) is 6.98. The normalized spacial score (nSPS) is 13.4. The number of rotatable bonds is 9. The van der Waals surface area contributed by atoms with Crippen LogP contribution in [0.25, 0.3) is 0 Å². The van der Waals surface area contributed by atoms with Crippen molar-refractivity contribution in [2.45, 2.75) is 51.0 Å². The molecule has 23 heavy (non-hydrogen) atoms. The van der Waals surface area contributed by atoms with Crippen LogP contribution in [0.4, 0.5) is 5.69 Å². The van der Waals surface area contributed by atoms with E-state index in [0.29, 0.717) is 6.54 Å². The maximum atomic E-state index is 10.9. The highest BCUT2D eigenvalue weighted by Crippen LogP contribution is 2.35. The van der Waals surface area contributed by atoms with Gasteiger partial charge in [-0.15, -0.1) is 0 Å². The van der Waals surface area contributed by atoms with Gasteiger partial charge in [-0.2, -0.15) is 0 Å². The van der Waals surface area contributed by atoms with Crippen LogP contribution in [0, 0.1) is 10.1 Å². The summed E-state index contributed by atoms with van der Waals surface area (Å²) in [5.74, 6) is 6.17. The van der Waals surface area contributed by atoms with Crippen LogP contribution in [-0.4, -0.2) is 22.5 Å². The fourth-order valence-electron chi connectivity index (χ4n) is 2.26. The van der Waals surface area contributed by atoms with E-state index in [4.69, 9.17) is 11.6 Å². The number of nitro groups is 1. The van der Waals surface area contributed by atoms with Crippen molar-refractivity contribution in [3.05, 3.63) is 45.0 Å². The number of allylic oxidation sites excluding steroid dienone is 2. The van der Waals surface area contributed by atoms with E-state index in [2.05, 4.69) is 13.8 Å². The van der Waals surface area contributed by atoms with Crippen LogP contribution in [0.15, 0.2) is 39.8 Å². The Labute approximate surface area is 142 Å². The van der Waals surface area contributed by atoms with E-state index in [0.717, 1.165) is 34.8 Å². The second-order valence-electron chi connectivity index (χ2n) is 5.46. The molecule has 0 radical (unpaired) electrons. The molecule has 1 rings (SSSR count). The van der Waals surface area contributed by atoms with E-state index < -0.39 is 0 Å². The van der Waals surface area contributed by atoms with Crippen molar-refractivity contribution < 1.29 is 4.92 Å². The van der Waals surface area contributed by atoms with E-state index in [1.165, 1.54) is 6.07 Å². The summed E-state index contributed by atoms with van der Waals surface area (Å²) < 4.78 is 0. The van der Waals surface area contributed by atoms with Crippen molar-refractivity contribution in [2.24, 2.45) is 11.6 Å². The monoisotopic (exact) mass is 338 g/mol. The predicted octanol–water partition coefficient (Wildman–Crippen LogP) is 3.63. The smallest absolute Gasteiger partial charge is 0.270 e. The maximum Gasteiger partial charge on any atom is 0.270 e. The summed E-state index contributed by atoms with van der Waals surface area (Å²) >= 11 is 1.55. The zero-order valence-corrected chi connectivity index (χ0v) is 14.8. The molecule has 0 spiro atoms. The largest absolute Gasteiger partial charge is 0.326 e. The van der Waals surface area contributed by atoms with Crippen LogP contribution >= 0.6 is 11.8 Å². The molecule has 1 aromatic carbocycles. The zero-order chi connectivity index (χ0) is 17.4. The van der Waals surface area contributed by atoms with Crippen molar-refractivity contribution in [1.29, 1.82) is 0 Å². The lowest BCUT2D eigenvalue weighted by molar-refractivity contribution is -0.385. The fourth-order valence-corrected chi connectivity index (χ4v) is 3.56. The van der Waals surface area contributed by atoms with Crippen LogP contribution in [0.1, 0.15) is 40.0 Å². The van der Waals surface area contributed by atoms with Gasteiger partial charge in [0.1, 0.15) is 0 Å². The molecule has 128 valence electrons. The Kier molecular flexibility index (Phi) is 8.08. The van der Waals surface area contributed by atoms with E-state index in [1.54, 1.807) is 28.9 Å². The number of nitro benzene ring substituents is 1. The lowest BCUT2D eigenvalue weighted by atomic mass is 10.2. The van der Waals surface area contributed by atoms with Gasteiger partial charge in [0.2, 0.25) is 0 Å². The first-order valence-corrected chi connectivity index (χ1v) is 8.62. The van der Waals surface area contributed by atoms with Crippen LogP contribution in [-0.2, 0) is 0 Å². The molecular weight excluding hydrogens is 312 g/mol. The van der Waals surface area contributed by atoms with Crippen molar-refractivity contribution in [1.82, 2.24) is 5.01 Å². The summed E-state index contributed by atoms with van der Waals surface area (Å²) in [5, 5.41) is 12.6. The van der Waals surface area contributed by atoms with Gasteiger partial charge < -0.3 is 10.7 Å². The first-order chi connectivity index (χ1) is 10.9. The average Bonchev–Trinajstić information content (AvgIpc) is 2.47. The minimum Gasteiger partial charge on any atom is -0.326 e. The third kappa shape index (κ3) is 6.21. The molecule has 0 aliphatic heterocycles. The van der Waals surface area contributed by atoms with Crippen LogP contribution < -0.4 is 11.6 Å². The molecule has 0 saturated heterocycles. The first-order valence-electron chi connectivity index (χ1n) is 7.81. The average molecular weight is 338 g/mol. The number of non-ortho nitro benzene ring substituents is 1. The highest BCUT2D eigenvalue weighted by molar-refractivity contribution is 8.03. The van der Waals surface area contributed by atoms with Crippen molar-refractivity contribution in [3.63, 3.8) is 0 Å². The van der Waals surface area contributed by atoms with Gasteiger partial charge >= 0.3 is 0 Å². The molecule has 0 fully saturated rings. The van der Waals surface area contributed by atoms with Crippen molar-refractivity contribution in [2.75, 3.05) is 6.54 Å². The number of nitrogens with zero attached hydrogens (tertiary/aromatic N) is 2. The summed E-state index contributed by atoms with van der Waals surface area (Å²) in [6.45, 7) is 6.65. The molecule has 0 aromatic heterocycles. The van der Waals surface area contributed by atoms with E-state index in [-0.39, 0.29) is 16.7 Å². The molecule has 0 aliphatic rings. The topological polar surface area (TPSA) is 98.4 Å². The lowest BCUT2D eigenvalue weighted by Crippen LogP contribution is -2.40. The Morgan fingerprint density at radius 2 is 2.13 bits per heavy atom. The summed E-state index contributed by atoms with van der Waals surface area (Å²) in [4.78, 5) is 12.5. The molecule has 0 saturated carbocycles. The molecule has 4 N–H and O–H groups in total. The van der Waals surface area contributed by atoms with Crippen molar-refractivity contribution >= 4 is 17.4 Å². The first kappa shape index (κ1) is 19.5. The second kappa shape index (κ2) is 9.54. The number of hydrazine groups is 1. The van der Waals surface area contributed by atoms with Gasteiger partial charge in [-0.05, 0) is 25.8 Å². The van der Waals surface area contributed by atoms with Gasteiger partial charge in [0.05, 0.1) is 4.92 Å². The maximum absolute atomic E-state index is 10.9. The Hall–Kier alpha value is -1.57. The molecule has 0 unspecified atom stereocenters. The van der Waals surface area contributed by atoms with Crippen LogP contribution in [0.3, 0.4) is 0 Å². The number of thioether (sulfide) groups is 1. The molecule has 0 heterocycles. The molecule has 6 nitrogen and oxygen atoms in total. The Morgan fingerprint density at radius 3 is 2.65 bits per heavy atom. The molecule has 0 aliphatic carbocycles. The fraction of sp³-hybridized carbons (Fsp3) is 0.500. The molecule has 1 aromatic rings. The van der Waals surface area contributed by atoms with Gasteiger partial charge in [-0.1, -0.05) is 38.1 Å². The highest BCUT2D eigenvalue weighted by atomic mass is 32.2. The third-order valence-electron chi connectivity index (χ3n) is 3.23. The highest BCUT2D eigenvalue weighted by Gasteiger charge is 2.14. The third-order valence-corrected chi connectivity index (χ3v) is 4.41. The Bertz CT molecular complexity index is 561. The molecular formula is C16H26N4O2S. The summed E-state index contributed by atoms with van der Waals surface area (Å²) in [7, 11) is 0. The van der Waals surface area contributed by atoms with Gasteiger partial charge in [-0.3, -0.25) is 10.1 Å².